The minimum absolute atomic E-state index is 0.0689. The first-order chi connectivity index (χ1) is 12.0. The van der Waals surface area contributed by atoms with Crippen LogP contribution in [0, 0.1) is 6.92 Å². The number of likely N-dealkylation sites (tertiary alicyclic amines) is 1. The summed E-state index contributed by atoms with van der Waals surface area (Å²) < 4.78 is 5.65. The number of piperidine rings is 1. The first-order valence-corrected chi connectivity index (χ1v) is 8.92. The number of ether oxygens (including phenoxy) is 1. The average Bonchev–Trinajstić information content (AvgIpc) is 2.59. The third-order valence-electron chi connectivity index (χ3n) is 4.65. The van der Waals surface area contributed by atoms with E-state index in [1.807, 2.05) is 47.9 Å². The molecule has 1 amide bonds. The van der Waals surface area contributed by atoms with Gasteiger partial charge in [0.15, 0.2) is 0 Å². The fourth-order valence-electron chi connectivity index (χ4n) is 3.27. The maximum atomic E-state index is 12.3. The Morgan fingerprint density at radius 1 is 1.32 bits per heavy atom. The van der Waals surface area contributed by atoms with Crippen LogP contribution in [0.5, 0.6) is 5.75 Å². The lowest BCUT2D eigenvalue weighted by atomic mass is 10.0. The zero-order valence-corrected chi connectivity index (χ0v) is 15.1. The fraction of sp³-hybridized carbons (Fsp3) is 0.579. The molecule has 6 nitrogen and oxygen atoms in total. The van der Waals surface area contributed by atoms with Gasteiger partial charge >= 0.3 is 5.97 Å². The van der Waals surface area contributed by atoms with Crippen molar-refractivity contribution in [2.45, 2.75) is 39.2 Å². The Bertz CT molecular complexity index is 583. The van der Waals surface area contributed by atoms with Gasteiger partial charge in [0.2, 0.25) is 5.91 Å². The normalized spacial score (nSPS) is 15.4. The molecular formula is C19H28N2O4. The van der Waals surface area contributed by atoms with Crippen molar-refractivity contribution in [1.82, 2.24) is 9.80 Å². The molecule has 0 spiro atoms. The smallest absolute Gasteiger partial charge is 0.317 e. The molecule has 1 aromatic carbocycles. The number of carboxylic acid groups (broad SMARTS) is 1. The molecule has 0 atom stereocenters. The Labute approximate surface area is 149 Å². The van der Waals surface area contributed by atoms with Gasteiger partial charge in [-0.25, -0.2) is 0 Å². The van der Waals surface area contributed by atoms with E-state index in [1.165, 1.54) is 0 Å². The molecule has 1 aliphatic rings. The van der Waals surface area contributed by atoms with Crippen molar-refractivity contribution in [3.63, 3.8) is 0 Å². The summed E-state index contributed by atoms with van der Waals surface area (Å²) in [5, 5.41) is 8.97. The van der Waals surface area contributed by atoms with Gasteiger partial charge in [-0.15, -0.1) is 0 Å². The highest BCUT2D eigenvalue weighted by atomic mass is 16.5. The van der Waals surface area contributed by atoms with Gasteiger partial charge in [-0.05, 0) is 44.0 Å². The summed E-state index contributed by atoms with van der Waals surface area (Å²) in [5.41, 5.74) is 1.13. The van der Waals surface area contributed by atoms with Crippen LogP contribution >= 0.6 is 0 Å². The van der Waals surface area contributed by atoms with Crippen LogP contribution in [0.1, 0.15) is 31.7 Å². The van der Waals surface area contributed by atoms with E-state index in [9.17, 15) is 9.59 Å². The molecule has 138 valence electrons. The number of aliphatic carboxylic acids is 1. The first-order valence-electron chi connectivity index (χ1n) is 8.92. The quantitative estimate of drug-likeness (QED) is 0.780. The number of hydrogen-bond donors (Lipinski definition) is 1. The van der Waals surface area contributed by atoms with Crippen LogP contribution in [-0.2, 0) is 9.59 Å². The van der Waals surface area contributed by atoms with Gasteiger partial charge in [0.1, 0.15) is 5.75 Å². The standard InChI is InChI=1S/C19H28N2O4/c1-3-20(14-19(23)24)16-7-10-21(11-8-16)18(22)9-12-25-17-6-4-5-15(2)13-17/h4-6,13,16H,3,7-12,14H2,1-2H3,(H,23,24). The Morgan fingerprint density at radius 2 is 2.04 bits per heavy atom. The molecule has 0 unspecified atom stereocenters. The van der Waals surface area contributed by atoms with E-state index in [4.69, 9.17) is 9.84 Å². The van der Waals surface area contributed by atoms with Crippen molar-refractivity contribution in [2.75, 3.05) is 32.8 Å². The first kappa shape index (κ1) is 19.2. The summed E-state index contributed by atoms with van der Waals surface area (Å²) in [5.74, 6) is 0.0970. The third-order valence-corrected chi connectivity index (χ3v) is 4.65. The number of rotatable bonds is 8. The second-order valence-electron chi connectivity index (χ2n) is 6.48. The highest BCUT2D eigenvalue weighted by Gasteiger charge is 2.27. The highest BCUT2D eigenvalue weighted by molar-refractivity contribution is 5.76. The molecule has 1 heterocycles. The average molecular weight is 348 g/mol. The van der Waals surface area contributed by atoms with E-state index in [1.54, 1.807) is 0 Å². The summed E-state index contributed by atoms with van der Waals surface area (Å²) in [6.07, 6.45) is 2.02. The van der Waals surface area contributed by atoms with Crippen LogP contribution < -0.4 is 4.74 Å². The van der Waals surface area contributed by atoms with Crippen LogP contribution in [0.25, 0.3) is 0 Å². The SMILES string of the molecule is CCN(CC(=O)O)C1CCN(C(=O)CCOc2cccc(C)c2)CC1. The minimum Gasteiger partial charge on any atom is -0.493 e. The van der Waals surface area contributed by atoms with Gasteiger partial charge in [0, 0.05) is 19.1 Å². The van der Waals surface area contributed by atoms with Crippen LogP contribution in [0.4, 0.5) is 0 Å². The lowest BCUT2D eigenvalue weighted by molar-refractivity contribution is -0.140. The van der Waals surface area contributed by atoms with E-state index >= 15 is 0 Å². The summed E-state index contributed by atoms with van der Waals surface area (Å²) in [6, 6.07) is 8.04. The Hall–Kier alpha value is -2.08. The van der Waals surface area contributed by atoms with Gasteiger partial charge in [0.05, 0.1) is 19.6 Å². The minimum atomic E-state index is -0.798. The molecule has 0 bridgehead atoms. The van der Waals surface area contributed by atoms with E-state index in [2.05, 4.69) is 0 Å². The topological polar surface area (TPSA) is 70.1 Å². The lowest BCUT2D eigenvalue weighted by Gasteiger charge is -2.37. The lowest BCUT2D eigenvalue weighted by Crippen LogP contribution is -2.48. The van der Waals surface area contributed by atoms with Crippen molar-refractivity contribution >= 4 is 11.9 Å². The molecule has 1 saturated heterocycles. The Kier molecular flexibility index (Phi) is 7.25. The molecule has 2 rings (SSSR count). The Balaban J connectivity index is 1.72. The molecule has 1 N–H and O–H groups in total. The number of carboxylic acids is 1. The van der Waals surface area contributed by atoms with Crippen molar-refractivity contribution in [2.24, 2.45) is 0 Å². The zero-order valence-electron chi connectivity index (χ0n) is 15.1. The van der Waals surface area contributed by atoms with E-state index in [0.29, 0.717) is 26.1 Å². The van der Waals surface area contributed by atoms with Crippen molar-refractivity contribution < 1.29 is 19.4 Å². The van der Waals surface area contributed by atoms with E-state index < -0.39 is 5.97 Å². The predicted octanol–water partition coefficient (Wildman–Crippen LogP) is 2.16. The van der Waals surface area contributed by atoms with Crippen molar-refractivity contribution in [3.8, 4) is 5.75 Å². The number of carbonyl (C=O) groups is 2. The van der Waals surface area contributed by atoms with E-state index in [-0.39, 0.29) is 18.5 Å². The molecule has 1 aromatic rings. The number of aryl methyl sites for hydroxylation is 1. The molecule has 6 heteroatoms. The number of amides is 1. The summed E-state index contributed by atoms with van der Waals surface area (Å²) in [4.78, 5) is 27.1. The van der Waals surface area contributed by atoms with Crippen LogP contribution in [0.3, 0.4) is 0 Å². The van der Waals surface area contributed by atoms with Gasteiger partial charge < -0.3 is 14.7 Å². The summed E-state index contributed by atoms with van der Waals surface area (Å²) in [6.45, 7) is 6.51. The summed E-state index contributed by atoms with van der Waals surface area (Å²) >= 11 is 0. The highest BCUT2D eigenvalue weighted by Crippen LogP contribution is 2.17. The van der Waals surface area contributed by atoms with Crippen molar-refractivity contribution in [1.29, 1.82) is 0 Å². The maximum Gasteiger partial charge on any atom is 0.317 e. The molecular weight excluding hydrogens is 320 g/mol. The molecule has 0 aromatic heterocycles. The zero-order chi connectivity index (χ0) is 18.2. The largest absolute Gasteiger partial charge is 0.493 e. The molecule has 1 aliphatic heterocycles. The second kappa shape index (κ2) is 9.42. The number of benzene rings is 1. The predicted molar refractivity (Wildman–Crippen MR) is 95.8 cm³/mol. The summed E-state index contributed by atoms with van der Waals surface area (Å²) in [7, 11) is 0. The van der Waals surface area contributed by atoms with Gasteiger partial charge in [0.25, 0.3) is 0 Å². The number of likely N-dealkylation sites (N-methyl/N-ethyl adjacent to an activating group) is 1. The molecule has 0 aliphatic carbocycles. The van der Waals surface area contributed by atoms with Crippen molar-refractivity contribution in [3.05, 3.63) is 29.8 Å². The fourth-order valence-corrected chi connectivity index (χ4v) is 3.27. The van der Waals surface area contributed by atoms with Crippen LogP contribution in [0.2, 0.25) is 0 Å². The number of nitrogens with zero attached hydrogens (tertiary/aromatic N) is 2. The van der Waals surface area contributed by atoms with Gasteiger partial charge in [-0.2, -0.15) is 0 Å². The second-order valence-corrected chi connectivity index (χ2v) is 6.48. The molecule has 0 radical (unpaired) electrons. The Morgan fingerprint density at radius 3 is 2.64 bits per heavy atom. The monoisotopic (exact) mass is 348 g/mol. The van der Waals surface area contributed by atoms with E-state index in [0.717, 1.165) is 30.7 Å². The van der Waals surface area contributed by atoms with Crippen LogP contribution in [-0.4, -0.2) is 65.6 Å². The maximum absolute atomic E-state index is 12.3. The molecule has 1 fully saturated rings. The number of hydrogen-bond acceptors (Lipinski definition) is 4. The number of carbonyl (C=O) groups excluding carboxylic acids is 1. The molecule has 0 saturated carbocycles. The van der Waals surface area contributed by atoms with Gasteiger partial charge in [-0.3, -0.25) is 14.5 Å². The van der Waals surface area contributed by atoms with Crippen LogP contribution in [0.15, 0.2) is 24.3 Å². The molecule has 25 heavy (non-hydrogen) atoms. The van der Waals surface area contributed by atoms with Gasteiger partial charge in [-0.1, -0.05) is 19.1 Å². The third kappa shape index (κ3) is 6.05.